The van der Waals surface area contributed by atoms with Crippen molar-refractivity contribution in [1.29, 1.82) is 0 Å². The van der Waals surface area contributed by atoms with Gasteiger partial charge >= 0.3 is 0 Å². The van der Waals surface area contributed by atoms with Gasteiger partial charge in [-0.2, -0.15) is 5.10 Å². The summed E-state index contributed by atoms with van der Waals surface area (Å²) in [6, 6.07) is 5.94. The number of amides is 1. The topological polar surface area (TPSA) is 65.4 Å². The molecule has 1 amide bonds. The largest absolute Gasteiger partial charge is 0.486 e. The second-order valence-electron chi connectivity index (χ2n) is 6.35. The standard InChI is InChI=1S/C19H25N3O3/c1-13-16(14(2)22(3)21-13)5-7-19(23)20-9-8-15-4-6-17-18(12-15)25-11-10-24-17/h4,6,12H,5,7-11H2,1-3H3,(H,20,23). The molecule has 1 aromatic heterocycles. The first-order valence-corrected chi connectivity index (χ1v) is 8.69. The predicted molar refractivity (Wildman–Crippen MR) is 95.1 cm³/mol. The van der Waals surface area contributed by atoms with E-state index in [1.165, 1.54) is 5.56 Å². The number of hydrogen-bond acceptors (Lipinski definition) is 4. The highest BCUT2D eigenvalue weighted by Gasteiger charge is 2.13. The van der Waals surface area contributed by atoms with Crippen molar-refractivity contribution in [2.45, 2.75) is 33.1 Å². The van der Waals surface area contributed by atoms with Crippen molar-refractivity contribution in [3.05, 3.63) is 40.7 Å². The molecule has 25 heavy (non-hydrogen) atoms. The van der Waals surface area contributed by atoms with Crippen LogP contribution in [-0.2, 0) is 24.7 Å². The number of carbonyl (C=O) groups excluding carboxylic acids is 1. The molecule has 1 aliphatic heterocycles. The number of nitrogens with zero attached hydrogens (tertiary/aromatic N) is 2. The van der Waals surface area contributed by atoms with Gasteiger partial charge in [-0.1, -0.05) is 6.07 Å². The molecule has 2 heterocycles. The molecular formula is C19H25N3O3. The SMILES string of the molecule is Cc1nn(C)c(C)c1CCC(=O)NCCc1ccc2c(c1)OCCO2. The van der Waals surface area contributed by atoms with E-state index in [2.05, 4.69) is 10.4 Å². The fraction of sp³-hybridized carbons (Fsp3) is 0.474. The number of rotatable bonds is 6. The van der Waals surface area contributed by atoms with Gasteiger partial charge in [-0.15, -0.1) is 0 Å². The van der Waals surface area contributed by atoms with Crippen molar-refractivity contribution >= 4 is 5.91 Å². The molecule has 0 unspecified atom stereocenters. The van der Waals surface area contributed by atoms with E-state index in [-0.39, 0.29) is 5.91 Å². The fourth-order valence-electron chi connectivity index (χ4n) is 3.10. The zero-order chi connectivity index (χ0) is 17.8. The van der Waals surface area contributed by atoms with Gasteiger partial charge in [0.05, 0.1) is 5.69 Å². The lowest BCUT2D eigenvalue weighted by molar-refractivity contribution is -0.121. The van der Waals surface area contributed by atoms with E-state index in [0.717, 1.165) is 41.3 Å². The van der Waals surface area contributed by atoms with Crippen molar-refractivity contribution < 1.29 is 14.3 Å². The smallest absolute Gasteiger partial charge is 0.220 e. The first-order chi connectivity index (χ1) is 12.0. The third-order valence-corrected chi connectivity index (χ3v) is 4.60. The molecule has 0 atom stereocenters. The molecule has 6 heteroatoms. The van der Waals surface area contributed by atoms with Crippen LogP contribution in [0.3, 0.4) is 0 Å². The highest BCUT2D eigenvalue weighted by molar-refractivity contribution is 5.76. The van der Waals surface area contributed by atoms with Crippen LogP contribution in [0.15, 0.2) is 18.2 Å². The minimum absolute atomic E-state index is 0.0696. The summed E-state index contributed by atoms with van der Waals surface area (Å²) in [4.78, 5) is 12.1. The van der Waals surface area contributed by atoms with Gasteiger partial charge in [0.15, 0.2) is 11.5 Å². The summed E-state index contributed by atoms with van der Waals surface area (Å²) in [5.74, 6) is 1.65. The van der Waals surface area contributed by atoms with Crippen LogP contribution >= 0.6 is 0 Å². The Bertz CT molecular complexity index is 768. The molecule has 0 radical (unpaired) electrons. The van der Waals surface area contributed by atoms with Crippen LogP contribution in [0.4, 0.5) is 0 Å². The van der Waals surface area contributed by atoms with Gasteiger partial charge in [0.2, 0.25) is 5.91 Å². The molecule has 1 aromatic carbocycles. The minimum atomic E-state index is 0.0696. The first-order valence-electron chi connectivity index (χ1n) is 8.69. The Hall–Kier alpha value is -2.50. The first kappa shape index (κ1) is 17.3. The Morgan fingerprint density at radius 3 is 2.68 bits per heavy atom. The summed E-state index contributed by atoms with van der Waals surface area (Å²) in [5, 5.41) is 7.38. The van der Waals surface area contributed by atoms with Gasteiger partial charge in [-0.3, -0.25) is 9.48 Å². The van der Waals surface area contributed by atoms with Gasteiger partial charge in [-0.25, -0.2) is 0 Å². The maximum absolute atomic E-state index is 12.1. The summed E-state index contributed by atoms with van der Waals surface area (Å²) in [6.45, 7) is 5.82. The molecule has 6 nitrogen and oxygen atoms in total. The molecule has 1 N–H and O–H groups in total. The van der Waals surface area contributed by atoms with Gasteiger partial charge in [-0.05, 0) is 49.9 Å². The molecular weight excluding hydrogens is 318 g/mol. The van der Waals surface area contributed by atoms with E-state index in [1.807, 2.05) is 43.8 Å². The molecule has 1 aliphatic rings. The van der Waals surface area contributed by atoms with E-state index in [4.69, 9.17) is 9.47 Å². The third kappa shape index (κ3) is 4.13. The second kappa shape index (κ2) is 7.59. The van der Waals surface area contributed by atoms with Crippen molar-refractivity contribution in [1.82, 2.24) is 15.1 Å². The summed E-state index contributed by atoms with van der Waals surface area (Å²) < 4.78 is 13.0. The molecule has 2 aromatic rings. The highest BCUT2D eigenvalue weighted by atomic mass is 16.6. The number of fused-ring (bicyclic) bond motifs is 1. The molecule has 0 bridgehead atoms. The Balaban J connectivity index is 1.45. The number of ether oxygens (including phenoxy) is 2. The Labute approximate surface area is 148 Å². The lowest BCUT2D eigenvalue weighted by atomic mass is 10.1. The number of nitrogens with one attached hydrogen (secondary N) is 1. The Morgan fingerprint density at radius 2 is 1.96 bits per heavy atom. The van der Waals surface area contributed by atoms with Crippen molar-refractivity contribution in [2.75, 3.05) is 19.8 Å². The summed E-state index contributed by atoms with van der Waals surface area (Å²) >= 11 is 0. The van der Waals surface area contributed by atoms with E-state index in [1.54, 1.807) is 0 Å². The van der Waals surface area contributed by atoms with Crippen LogP contribution < -0.4 is 14.8 Å². The normalized spacial score (nSPS) is 12.9. The predicted octanol–water partition coefficient (Wildman–Crippen LogP) is 2.10. The van der Waals surface area contributed by atoms with Crippen molar-refractivity contribution in [3.63, 3.8) is 0 Å². The second-order valence-corrected chi connectivity index (χ2v) is 6.35. The quantitative estimate of drug-likeness (QED) is 0.872. The van der Waals surface area contributed by atoms with Crippen LogP contribution in [0, 0.1) is 13.8 Å². The van der Waals surface area contributed by atoms with Crippen LogP contribution in [-0.4, -0.2) is 35.4 Å². The van der Waals surface area contributed by atoms with E-state index in [0.29, 0.717) is 26.2 Å². The summed E-state index contributed by atoms with van der Waals surface area (Å²) in [5.41, 5.74) is 4.43. The molecule has 0 saturated carbocycles. The van der Waals surface area contributed by atoms with Gasteiger partial charge < -0.3 is 14.8 Å². The fourth-order valence-corrected chi connectivity index (χ4v) is 3.10. The maximum atomic E-state index is 12.1. The van der Waals surface area contributed by atoms with Crippen molar-refractivity contribution in [3.8, 4) is 11.5 Å². The number of hydrogen-bond donors (Lipinski definition) is 1. The van der Waals surface area contributed by atoms with Crippen LogP contribution in [0.2, 0.25) is 0 Å². The van der Waals surface area contributed by atoms with Crippen molar-refractivity contribution in [2.24, 2.45) is 7.05 Å². The number of aryl methyl sites for hydroxylation is 2. The van der Waals surface area contributed by atoms with E-state index >= 15 is 0 Å². The average Bonchev–Trinajstić information content (AvgIpc) is 2.85. The third-order valence-electron chi connectivity index (χ3n) is 4.60. The van der Waals surface area contributed by atoms with Gasteiger partial charge in [0.1, 0.15) is 13.2 Å². The molecule has 0 saturated heterocycles. The monoisotopic (exact) mass is 343 g/mol. The minimum Gasteiger partial charge on any atom is -0.486 e. The number of aromatic nitrogens is 2. The van der Waals surface area contributed by atoms with E-state index in [9.17, 15) is 4.79 Å². The number of benzene rings is 1. The molecule has 0 aliphatic carbocycles. The molecule has 3 rings (SSSR count). The lowest BCUT2D eigenvalue weighted by Gasteiger charge is -2.18. The zero-order valence-corrected chi connectivity index (χ0v) is 15.1. The highest BCUT2D eigenvalue weighted by Crippen LogP contribution is 2.30. The van der Waals surface area contributed by atoms with Crippen LogP contribution in [0.1, 0.15) is 28.9 Å². The molecule has 0 fully saturated rings. The van der Waals surface area contributed by atoms with Gasteiger partial charge in [0.25, 0.3) is 0 Å². The zero-order valence-electron chi connectivity index (χ0n) is 15.1. The van der Waals surface area contributed by atoms with Gasteiger partial charge in [0, 0.05) is 25.7 Å². The molecule has 0 spiro atoms. The summed E-state index contributed by atoms with van der Waals surface area (Å²) in [7, 11) is 1.93. The molecule has 134 valence electrons. The Morgan fingerprint density at radius 1 is 1.20 bits per heavy atom. The summed E-state index contributed by atoms with van der Waals surface area (Å²) in [6.07, 6.45) is 1.98. The van der Waals surface area contributed by atoms with Crippen LogP contribution in [0.25, 0.3) is 0 Å². The maximum Gasteiger partial charge on any atom is 0.220 e. The van der Waals surface area contributed by atoms with Crippen LogP contribution in [0.5, 0.6) is 11.5 Å². The Kier molecular flexibility index (Phi) is 5.26. The average molecular weight is 343 g/mol. The number of carbonyl (C=O) groups is 1. The lowest BCUT2D eigenvalue weighted by Crippen LogP contribution is -2.26. The van der Waals surface area contributed by atoms with E-state index < -0.39 is 0 Å².